The van der Waals surface area contributed by atoms with Crippen LogP contribution in [0.1, 0.15) is 97.2 Å². The van der Waals surface area contributed by atoms with Gasteiger partial charge in [0, 0.05) is 44.5 Å². The van der Waals surface area contributed by atoms with Gasteiger partial charge in [0.05, 0.1) is 24.0 Å². The number of aliphatic hydroxyl groups is 1. The van der Waals surface area contributed by atoms with Gasteiger partial charge in [-0.25, -0.2) is 0 Å². The lowest BCUT2D eigenvalue weighted by Crippen LogP contribution is -2.18. The Morgan fingerprint density at radius 2 is 1.42 bits per heavy atom. The molecule has 2 aliphatic rings. The Labute approximate surface area is 308 Å². The number of carboxylic acids is 2. The Bertz CT molecular complexity index is 1850. The molecule has 0 saturated heterocycles. The molecule has 1 aromatic heterocycles. The molecule has 2 aliphatic carbocycles. The number of aromatic nitrogens is 1. The lowest BCUT2D eigenvalue weighted by molar-refractivity contribution is -0.139. The molecule has 0 radical (unpaired) electrons. The molecule has 1 heterocycles. The second-order valence-corrected chi connectivity index (χ2v) is 17.8. The largest absolute Gasteiger partial charge is 0.481 e. The van der Waals surface area contributed by atoms with E-state index in [9.17, 15) is 24.9 Å². The van der Waals surface area contributed by atoms with Gasteiger partial charge in [0.25, 0.3) is 0 Å². The molecule has 0 amide bonds. The van der Waals surface area contributed by atoms with E-state index in [1.54, 1.807) is 0 Å². The number of fused-ring (bicyclic) bond motifs is 1. The van der Waals surface area contributed by atoms with Crippen LogP contribution in [0.4, 0.5) is 0 Å². The fourth-order valence-corrected chi connectivity index (χ4v) is 10.2. The molecule has 2 saturated carbocycles. The number of pyridine rings is 1. The highest BCUT2D eigenvalue weighted by Crippen LogP contribution is 2.55. The average Bonchev–Trinajstić information content (AvgIpc) is 4.00. The predicted octanol–water partition coefficient (Wildman–Crippen LogP) is 10.0. The van der Waals surface area contributed by atoms with Gasteiger partial charge < -0.3 is 15.3 Å². The second kappa shape index (κ2) is 15.3. The average molecular weight is 732 g/mol. The molecule has 0 bridgehead atoms. The van der Waals surface area contributed by atoms with Crippen molar-refractivity contribution in [3.8, 4) is 0 Å². The summed E-state index contributed by atoms with van der Waals surface area (Å²) >= 11 is 10.00. The van der Waals surface area contributed by atoms with Gasteiger partial charge in [0.1, 0.15) is 0 Å². The maximum absolute atomic E-state index is 11.7. The van der Waals surface area contributed by atoms with Gasteiger partial charge in [-0.05, 0) is 104 Å². The van der Waals surface area contributed by atoms with E-state index < -0.39 is 17.5 Å². The Hall–Kier alpha value is -3.04. The predicted molar refractivity (Wildman–Crippen MR) is 205 cm³/mol. The van der Waals surface area contributed by atoms with E-state index in [0.29, 0.717) is 11.4 Å². The molecule has 0 aliphatic heterocycles. The van der Waals surface area contributed by atoms with Crippen molar-refractivity contribution in [2.75, 3.05) is 11.5 Å². The van der Waals surface area contributed by atoms with Gasteiger partial charge in [-0.15, -0.1) is 0 Å². The van der Waals surface area contributed by atoms with Crippen molar-refractivity contribution in [3.05, 3.63) is 112 Å². The number of halogens is 1. The van der Waals surface area contributed by atoms with Gasteiger partial charge in [0.2, 0.25) is 0 Å². The zero-order chi connectivity index (χ0) is 35.5. The van der Waals surface area contributed by atoms with Crippen LogP contribution in [0.2, 0.25) is 5.02 Å². The summed E-state index contributed by atoms with van der Waals surface area (Å²) in [5.41, 5.74) is 5.02. The zero-order valence-electron chi connectivity index (χ0n) is 28.7. The molecule has 50 heavy (non-hydrogen) atoms. The molecule has 2 fully saturated rings. The van der Waals surface area contributed by atoms with E-state index in [-0.39, 0.29) is 34.2 Å². The molecule has 9 heteroatoms. The number of hydrogen-bond acceptors (Lipinski definition) is 6. The van der Waals surface area contributed by atoms with Crippen LogP contribution in [-0.2, 0) is 28.0 Å². The van der Waals surface area contributed by atoms with Crippen molar-refractivity contribution in [2.24, 2.45) is 10.8 Å². The lowest BCUT2D eigenvalue weighted by atomic mass is 9.90. The quantitative estimate of drug-likeness (QED) is 0.0928. The number of hydrogen-bond donors (Lipinski definition) is 3. The molecule has 1 unspecified atom stereocenters. The molecule has 4 aromatic rings. The maximum Gasteiger partial charge on any atom is 0.303 e. The topological polar surface area (TPSA) is 108 Å². The summed E-state index contributed by atoms with van der Waals surface area (Å²) in [6, 6.07) is 26.8. The summed E-state index contributed by atoms with van der Waals surface area (Å²) in [6.07, 6.45) is 6.49. The minimum absolute atomic E-state index is 0.0636. The van der Waals surface area contributed by atoms with E-state index in [2.05, 4.69) is 42.5 Å². The Kier molecular flexibility index (Phi) is 11.2. The zero-order valence-corrected chi connectivity index (χ0v) is 31.1. The molecule has 6 nitrogen and oxygen atoms in total. The smallest absolute Gasteiger partial charge is 0.303 e. The third kappa shape index (κ3) is 9.64. The molecule has 3 aromatic carbocycles. The van der Waals surface area contributed by atoms with Crippen molar-refractivity contribution < 1.29 is 24.9 Å². The highest BCUT2D eigenvalue weighted by Gasteiger charge is 2.45. The minimum atomic E-state index is -0.954. The van der Waals surface area contributed by atoms with E-state index >= 15 is 0 Å². The van der Waals surface area contributed by atoms with Gasteiger partial charge in [-0.1, -0.05) is 72.3 Å². The van der Waals surface area contributed by atoms with Crippen LogP contribution >= 0.6 is 35.1 Å². The minimum Gasteiger partial charge on any atom is -0.481 e. The summed E-state index contributed by atoms with van der Waals surface area (Å²) < 4.78 is 0. The second-order valence-electron chi connectivity index (χ2n) is 15.0. The van der Waals surface area contributed by atoms with Gasteiger partial charge in [-0.3, -0.25) is 14.6 Å². The Balaban J connectivity index is 1.29. The van der Waals surface area contributed by atoms with Crippen molar-refractivity contribution >= 4 is 58.0 Å². The fourth-order valence-electron chi connectivity index (χ4n) is 6.93. The Morgan fingerprint density at radius 1 is 0.820 bits per heavy atom. The standard InChI is InChI=1S/C41H46ClNO5S2/c1-39(2,48)33-9-4-3-6-27(33)12-15-35(49-25-40(16-17-40)23-37(44)45)29-7-5-8-30(20-29)36(50-26-41(18-19-41)24-38(46)47)22-32-14-11-28-10-13-31(42)21-34(28)43-32/h3-11,13-14,20-21,35-36,48H,12,15-19,22-26H2,1-2H3,(H,44,45)(H,46,47)/t35-,36?/m1/s1. The number of benzene rings is 3. The monoisotopic (exact) mass is 731 g/mol. The highest BCUT2D eigenvalue weighted by molar-refractivity contribution is 7.99. The Morgan fingerprint density at radius 3 is 2.04 bits per heavy atom. The third-order valence-electron chi connectivity index (χ3n) is 10.3. The summed E-state index contributed by atoms with van der Waals surface area (Å²) in [5.74, 6) is 0.0940. The number of aliphatic carboxylic acids is 2. The van der Waals surface area contributed by atoms with Crippen molar-refractivity contribution in [2.45, 2.75) is 87.7 Å². The summed E-state index contributed by atoms with van der Waals surface area (Å²) in [7, 11) is 0. The first-order chi connectivity index (χ1) is 23.8. The summed E-state index contributed by atoms with van der Waals surface area (Å²) in [6.45, 7) is 3.65. The van der Waals surface area contributed by atoms with E-state index in [1.165, 1.54) is 11.1 Å². The number of aryl methyl sites for hydroxylation is 1. The van der Waals surface area contributed by atoms with Gasteiger partial charge in [0.15, 0.2) is 0 Å². The van der Waals surface area contributed by atoms with E-state index in [1.807, 2.05) is 73.8 Å². The number of carbonyl (C=O) groups is 2. The van der Waals surface area contributed by atoms with Gasteiger partial charge >= 0.3 is 11.9 Å². The summed E-state index contributed by atoms with van der Waals surface area (Å²) in [5, 5.41) is 32.0. The highest BCUT2D eigenvalue weighted by atomic mass is 35.5. The van der Waals surface area contributed by atoms with Crippen molar-refractivity contribution in [1.29, 1.82) is 0 Å². The van der Waals surface area contributed by atoms with Crippen molar-refractivity contribution in [3.63, 3.8) is 0 Å². The van der Waals surface area contributed by atoms with Crippen LogP contribution in [-0.4, -0.2) is 43.7 Å². The molecule has 264 valence electrons. The first kappa shape index (κ1) is 36.7. The van der Waals surface area contributed by atoms with Crippen LogP contribution in [0, 0.1) is 10.8 Å². The molecule has 2 atom stereocenters. The van der Waals surface area contributed by atoms with Crippen LogP contribution in [0.25, 0.3) is 10.9 Å². The molecule has 0 spiro atoms. The first-order valence-electron chi connectivity index (χ1n) is 17.4. The van der Waals surface area contributed by atoms with Crippen molar-refractivity contribution in [1.82, 2.24) is 4.98 Å². The van der Waals surface area contributed by atoms with E-state index in [0.717, 1.165) is 77.8 Å². The maximum atomic E-state index is 11.7. The molecular weight excluding hydrogens is 686 g/mol. The third-order valence-corrected chi connectivity index (χ3v) is 13.8. The SMILES string of the molecule is CC(C)(O)c1ccccc1CC[C@@H](SCC1(CC(=O)O)CC1)c1cccc(C(Cc2ccc3ccc(Cl)cc3n2)SCC2(CC(=O)O)CC2)c1. The van der Waals surface area contributed by atoms with Crippen LogP contribution in [0.15, 0.2) is 78.9 Å². The summed E-state index contributed by atoms with van der Waals surface area (Å²) in [4.78, 5) is 28.4. The number of rotatable bonds is 18. The van der Waals surface area contributed by atoms with E-state index in [4.69, 9.17) is 16.6 Å². The first-order valence-corrected chi connectivity index (χ1v) is 19.9. The molecule has 3 N–H and O–H groups in total. The number of carboxylic acid groups (broad SMARTS) is 2. The molecule has 6 rings (SSSR count). The van der Waals surface area contributed by atoms with Crippen LogP contribution < -0.4 is 0 Å². The van der Waals surface area contributed by atoms with Gasteiger partial charge in [-0.2, -0.15) is 23.5 Å². The molecular formula is C41H46ClNO5S2. The number of thioether (sulfide) groups is 2. The van der Waals surface area contributed by atoms with Crippen LogP contribution in [0.5, 0.6) is 0 Å². The van der Waals surface area contributed by atoms with Crippen LogP contribution in [0.3, 0.4) is 0 Å². The lowest BCUT2D eigenvalue weighted by Gasteiger charge is -2.25. The fraction of sp³-hybridized carbons (Fsp3) is 0.439. The number of nitrogens with zero attached hydrogens (tertiary/aromatic N) is 1. The normalized spacial score (nSPS) is 17.3.